The molecule has 1 aromatic carbocycles. The van der Waals surface area contributed by atoms with Crippen LogP contribution in [0.2, 0.25) is 0 Å². The number of nitro benzene ring substituents is 1. The summed E-state index contributed by atoms with van der Waals surface area (Å²) in [5, 5.41) is 10.7. The molecular weight excluding hydrogens is 350 g/mol. The number of hydrogen-bond acceptors (Lipinski definition) is 5. The maximum Gasteiger partial charge on any atom is 0.269 e. The average Bonchev–Trinajstić information content (AvgIpc) is 2.95. The zero-order valence-corrected chi connectivity index (χ0v) is 15.0. The van der Waals surface area contributed by atoms with Gasteiger partial charge < -0.3 is 22.2 Å². The van der Waals surface area contributed by atoms with Crippen LogP contribution in [0.15, 0.2) is 24.3 Å². The Kier molecular flexibility index (Phi) is 6.89. The fourth-order valence-corrected chi connectivity index (χ4v) is 4.38. The standard InChI is InChI=1S/C16H21N3O3S.ClH/c20-15-12-23-16(13-4-6-14(7-5-13)19(21)22)18(15)11-10-17-8-2-1-3-9-17;/h4-7,16H,1-3,8-12H2;1H/p-1. The molecule has 2 heterocycles. The van der Waals surface area contributed by atoms with Crippen LogP contribution < -0.4 is 12.4 Å². The lowest BCUT2D eigenvalue weighted by atomic mass is 10.1. The molecule has 0 spiro atoms. The third kappa shape index (κ3) is 4.40. The first-order chi connectivity index (χ1) is 11.1. The number of non-ortho nitro benzene ring substituents is 1. The number of likely N-dealkylation sites (tertiary alicyclic amines) is 1. The van der Waals surface area contributed by atoms with E-state index in [2.05, 4.69) is 4.90 Å². The highest BCUT2D eigenvalue weighted by Gasteiger charge is 2.33. The van der Waals surface area contributed by atoms with Gasteiger partial charge in [-0.3, -0.25) is 14.9 Å². The van der Waals surface area contributed by atoms with Crippen molar-refractivity contribution in [2.75, 3.05) is 31.9 Å². The predicted octanol–water partition coefficient (Wildman–Crippen LogP) is -0.341. The highest BCUT2D eigenvalue weighted by Crippen LogP contribution is 2.38. The maximum absolute atomic E-state index is 12.2. The van der Waals surface area contributed by atoms with Crippen molar-refractivity contribution < 1.29 is 22.1 Å². The van der Waals surface area contributed by atoms with Crippen molar-refractivity contribution in [3.8, 4) is 0 Å². The molecule has 8 heteroatoms. The maximum atomic E-state index is 12.2. The zero-order chi connectivity index (χ0) is 16.2. The van der Waals surface area contributed by atoms with Crippen molar-refractivity contribution in [3.05, 3.63) is 39.9 Å². The minimum atomic E-state index is -0.398. The number of carbonyl (C=O) groups is 1. The first-order valence-electron chi connectivity index (χ1n) is 8.03. The first-order valence-corrected chi connectivity index (χ1v) is 9.08. The minimum Gasteiger partial charge on any atom is -1.00 e. The van der Waals surface area contributed by atoms with Crippen LogP contribution in [-0.2, 0) is 4.79 Å². The molecular formula is C16H21ClN3O3S-. The number of carbonyl (C=O) groups excluding carboxylic acids is 1. The Balaban J connectivity index is 0.00000208. The lowest BCUT2D eigenvalue weighted by Gasteiger charge is -2.30. The third-order valence-corrected chi connectivity index (χ3v) is 5.72. The lowest BCUT2D eigenvalue weighted by molar-refractivity contribution is -0.384. The molecule has 2 aliphatic rings. The van der Waals surface area contributed by atoms with E-state index in [0.717, 1.165) is 31.7 Å². The number of piperidine rings is 1. The van der Waals surface area contributed by atoms with Gasteiger partial charge in [0, 0.05) is 25.2 Å². The van der Waals surface area contributed by atoms with Gasteiger partial charge in [-0.25, -0.2) is 0 Å². The molecule has 0 saturated carbocycles. The Morgan fingerprint density at radius 1 is 1.12 bits per heavy atom. The summed E-state index contributed by atoms with van der Waals surface area (Å²) in [6, 6.07) is 6.56. The Morgan fingerprint density at radius 3 is 2.42 bits per heavy atom. The number of rotatable bonds is 5. The molecule has 1 aromatic rings. The second kappa shape index (κ2) is 8.69. The molecule has 0 radical (unpaired) electrons. The van der Waals surface area contributed by atoms with E-state index < -0.39 is 4.92 Å². The van der Waals surface area contributed by atoms with Crippen molar-refractivity contribution in [1.82, 2.24) is 9.80 Å². The number of hydrogen-bond donors (Lipinski definition) is 0. The highest BCUT2D eigenvalue weighted by atomic mass is 35.5. The minimum absolute atomic E-state index is 0. The second-order valence-corrected chi connectivity index (χ2v) is 7.07. The quantitative estimate of drug-likeness (QED) is 0.524. The van der Waals surface area contributed by atoms with E-state index in [1.807, 2.05) is 4.90 Å². The number of nitro groups is 1. The van der Waals surface area contributed by atoms with Crippen LogP contribution in [0.5, 0.6) is 0 Å². The lowest BCUT2D eigenvalue weighted by Crippen LogP contribution is -3.00. The largest absolute Gasteiger partial charge is 1.00 e. The number of nitrogens with zero attached hydrogens (tertiary/aromatic N) is 3. The Labute approximate surface area is 152 Å². The zero-order valence-electron chi connectivity index (χ0n) is 13.4. The second-order valence-electron chi connectivity index (χ2n) is 6.00. The Bertz CT molecular complexity index is 578. The summed E-state index contributed by atoms with van der Waals surface area (Å²) in [6.07, 6.45) is 3.80. The van der Waals surface area contributed by atoms with Gasteiger partial charge in [0.15, 0.2) is 0 Å². The van der Waals surface area contributed by atoms with Crippen LogP contribution in [0.1, 0.15) is 30.2 Å². The molecule has 1 unspecified atom stereocenters. The topological polar surface area (TPSA) is 66.7 Å². The smallest absolute Gasteiger partial charge is 0.269 e. The molecule has 6 nitrogen and oxygen atoms in total. The molecule has 0 N–H and O–H groups in total. The number of amides is 1. The molecule has 132 valence electrons. The first kappa shape index (κ1) is 19.0. The van der Waals surface area contributed by atoms with Crippen LogP contribution in [0, 0.1) is 10.1 Å². The van der Waals surface area contributed by atoms with Crippen LogP contribution in [-0.4, -0.2) is 52.6 Å². The normalized spacial score (nSPS) is 21.6. The van der Waals surface area contributed by atoms with Crippen molar-refractivity contribution in [2.24, 2.45) is 0 Å². The van der Waals surface area contributed by atoms with Crippen LogP contribution in [0.4, 0.5) is 5.69 Å². The summed E-state index contributed by atoms with van der Waals surface area (Å²) < 4.78 is 0. The summed E-state index contributed by atoms with van der Waals surface area (Å²) in [5.41, 5.74) is 1.05. The summed E-state index contributed by atoms with van der Waals surface area (Å²) in [6.45, 7) is 3.89. The Morgan fingerprint density at radius 2 is 1.79 bits per heavy atom. The van der Waals surface area contributed by atoms with Gasteiger partial charge in [-0.1, -0.05) is 6.42 Å². The van der Waals surface area contributed by atoms with E-state index in [0.29, 0.717) is 5.75 Å². The van der Waals surface area contributed by atoms with E-state index in [-0.39, 0.29) is 29.4 Å². The average molecular weight is 371 g/mol. The van der Waals surface area contributed by atoms with Crippen molar-refractivity contribution in [3.63, 3.8) is 0 Å². The summed E-state index contributed by atoms with van der Waals surface area (Å²) in [7, 11) is 0. The SMILES string of the molecule is O=C1CSC(c2ccc([N+](=O)[O-])cc2)N1CCN1CCCCC1.[Cl-]. The number of benzene rings is 1. The third-order valence-electron chi connectivity index (χ3n) is 4.46. The van der Waals surface area contributed by atoms with E-state index in [9.17, 15) is 14.9 Å². The molecule has 0 aromatic heterocycles. The van der Waals surface area contributed by atoms with Gasteiger partial charge in [-0.05, 0) is 43.6 Å². The number of halogens is 1. The van der Waals surface area contributed by atoms with Gasteiger partial charge >= 0.3 is 0 Å². The molecule has 3 rings (SSSR count). The van der Waals surface area contributed by atoms with Gasteiger partial charge in [-0.2, -0.15) is 0 Å². The molecule has 24 heavy (non-hydrogen) atoms. The fraction of sp³-hybridized carbons (Fsp3) is 0.562. The highest BCUT2D eigenvalue weighted by molar-refractivity contribution is 8.00. The molecule has 0 aliphatic carbocycles. The van der Waals surface area contributed by atoms with E-state index in [1.165, 1.54) is 31.4 Å². The van der Waals surface area contributed by atoms with Gasteiger partial charge in [0.05, 0.1) is 10.7 Å². The van der Waals surface area contributed by atoms with Crippen molar-refractivity contribution >= 4 is 23.4 Å². The molecule has 2 aliphatic heterocycles. The van der Waals surface area contributed by atoms with E-state index >= 15 is 0 Å². The molecule has 2 saturated heterocycles. The summed E-state index contributed by atoms with van der Waals surface area (Å²) in [4.78, 5) is 26.9. The Hall–Kier alpha value is -1.31. The van der Waals surface area contributed by atoms with Crippen LogP contribution in [0.25, 0.3) is 0 Å². The fourth-order valence-electron chi connectivity index (χ4n) is 3.16. The van der Waals surface area contributed by atoms with Gasteiger partial charge in [0.1, 0.15) is 5.37 Å². The van der Waals surface area contributed by atoms with Crippen LogP contribution >= 0.6 is 11.8 Å². The number of thioether (sulfide) groups is 1. The summed E-state index contributed by atoms with van der Waals surface area (Å²) in [5.74, 6) is 0.650. The van der Waals surface area contributed by atoms with Crippen LogP contribution in [0.3, 0.4) is 0 Å². The molecule has 1 atom stereocenters. The molecule has 0 bridgehead atoms. The van der Waals surface area contributed by atoms with Gasteiger partial charge in [0.25, 0.3) is 5.69 Å². The van der Waals surface area contributed by atoms with Gasteiger partial charge in [0.2, 0.25) is 5.91 Å². The van der Waals surface area contributed by atoms with E-state index in [4.69, 9.17) is 0 Å². The molecule has 2 fully saturated rings. The molecule has 1 amide bonds. The predicted molar refractivity (Wildman–Crippen MR) is 90.3 cm³/mol. The van der Waals surface area contributed by atoms with Crippen molar-refractivity contribution in [1.29, 1.82) is 0 Å². The van der Waals surface area contributed by atoms with Crippen molar-refractivity contribution in [2.45, 2.75) is 24.6 Å². The monoisotopic (exact) mass is 370 g/mol. The summed E-state index contributed by atoms with van der Waals surface area (Å²) >= 11 is 1.60. The van der Waals surface area contributed by atoms with Gasteiger partial charge in [-0.15, -0.1) is 11.8 Å². The van der Waals surface area contributed by atoms with E-state index in [1.54, 1.807) is 23.9 Å².